The van der Waals surface area contributed by atoms with Crippen LogP contribution in [0.4, 0.5) is 0 Å². The lowest BCUT2D eigenvalue weighted by Gasteiger charge is -2.28. The molecule has 0 amide bonds. The molecule has 2 unspecified atom stereocenters. The lowest BCUT2D eigenvalue weighted by Crippen LogP contribution is -2.37. The predicted molar refractivity (Wildman–Crippen MR) is 310 cm³/mol. The molecule has 10 heteroatoms. The quantitative estimate of drug-likeness (QED) is 0.0256. The Morgan fingerprint density at radius 2 is 0.616 bits per heavy atom. The molecule has 0 aliphatic carbocycles. The average Bonchev–Trinajstić information content (AvgIpc) is 3.35. The minimum atomic E-state index is -4.62. The third-order valence-corrected chi connectivity index (χ3v) is 15.8. The summed E-state index contributed by atoms with van der Waals surface area (Å²) in [5.74, 6) is -0.813. The number of quaternary nitrogens is 1. The number of likely N-dealkylation sites (N-methyl/N-ethyl adjacent to an activating group) is 1. The van der Waals surface area contributed by atoms with Gasteiger partial charge in [0.15, 0.2) is 6.10 Å². The van der Waals surface area contributed by atoms with Crippen LogP contribution >= 0.6 is 7.82 Å². The van der Waals surface area contributed by atoms with Crippen LogP contribution in [0.2, 0.25) is 0 Å². The fourth-order valence-corrected chi connectivity index (χ4v) is 10.6. The third kappa shape index (κ3) is 60.1. The smallest absolute Gasteiger partial charge is 0.306 e. The van der Waals surface area contributed by atoms with E-state index in [-0.39, 0.29) is 32.0 Å². The van der Waals surface area contributed by atoms with Crippen molar-refractivity contribution in [1.29, 1.82) is 0 Å². The van der Waals surface area contributed by atoms with Crippen LogP contribution in [0, 0.1) is 0 Å². The fraction of sp³-hybridized carbons (Fsp3) is 0.968. The summed E-state index contributed by atoms with van der Waals surface area (Å²) in [6.45, 7) is 4.29. The van der Waals surface area contributed by atoms with Gasteiger partial charge in [0.25, 0.3) is 7.82 Å². The minimum Gasteiger partial charge on any atom is -0.756 e. The highest BCUT2D eigenvalue weighted by molar-refractivity contribution is 7.45. The summed E-state index contributed by atoms with van der Waals surface area (Å²) in [6.07, 6.45) is 65.0. The SMILES string of the molecule is CCCCCCCCCCCCCCCCCCCCCCCCCCCCCCCCCCCCCCCCC(=O)OC(COC(=O)CCCCCCCCCCCCC)COP(=O)([O-])OCC[N+](C)(C)C. The van der Waals surface area contributed by atoms with Crippen LogP contribution in [0.5, 0.6) is 0 Å². The summed E-state index contributed by atoms with van der Waals surface area (Å²) in [5, 5.41) is 0. The zero-order valence-electron chi connectivity index (χ0n) is 49.6. The van der Waals surface area contributed by atoms with Crippen molar-refractivity contribution in [2.75, 3.05) is 47.5 Å². The highest BCUT2D eigenvalue weighted by Crippen LogP contribution is 2.38. The van der Waals surface area contributed by atoms with Gasteiger partial charge in [0.05, 0.1) is 27.7 Å². The molecule has 0 saturated heterocycles. The Hall–Kier alpha value is -0.990. The fourth-order valence-electron chi connectivity index (χ4n) is 9.90. The molecule has 0 spiro atoms. The van der Waals surface area contributed by atoms with Crippen LogP contribution in [0.25, 0.3) is 0 Å². The second kappa shape index (κ2) is 55.8. The van der Waals surface area contributed by atoms with Crippen LogP contribution in [0.1, 0.15) is 341 Å². The zero-order valence-corrected chi connectivity index (χ0v) is 50.5. The van der Waals surface area contributed by atoms with Gasteiger partial charge in [0.1, 0.15) is 19.8 Å². The molecule has 0 aromatic carbocycles. The number of phosphoric ester groups is 1. The molecule has 0 heterocycles. The van der Waals surface area contributed by atoms with Gasteiger partial charge in [-0.15, -0.1) is 0 Å². The normalized spacial score (nSPS) is 13.1. The molecule has 73 heavy (non-hydrogen) atoms. The molecule has 0 saturated carbocycles. The highest BCUT2D eigenvalue weighted by Gasteiger charge is 2.22. The molecule has 2 atom stereocenters. The van der Waals surface area contributed by atoms with E-state index in [4.69, 9.17) is 18.5 Å². The molecule has 436 valence electrons. The number of hydrogen-bond donors (Lipinski definition) is 0. The van der Waals surface area contributed by atoms with Gasteiger partial charge in [-0.05, 0) is 12.8 Å². The molecule has 0 rings (SSSR count). The van der Waals surface area contributed by atoms with Gasteiger partial charge in [-0.2, -0.15) is 0 Å². The number of phosphoric acid groups is 1. The third-order valence-electron chi connectivity index (χ3n) is 14.9. The lowest BCUT2D eigenvalue weighted by atomic mass is 10.0. The number of carbonyl (C=O) groups excluding carboxylic acids is 2. The van der Waals surface area contributed by atoms with Crippen LogP contribution in [0.15, 0.2) is 0 Å². The molecular formula is C63H126NO8P. The van der Waals surface area contributed by atoms with Gasteiger partial charge in [-0.3, -0.25) is 14.2 Å². The van der Waals surface area contributed by atoms with E-state index >= 15 is 0 Å². The van der Waals surface area contributed by atoms with Gasteiger partial charge in [0.2, 0.25) is 0 Å². The van der Waals surface area contributed by atoms with E-state index in [1.807, 2.05) is 21.1 Å². The highest BCUT2D eigenvalue weighted by atomic mass is 31.2. The largest absolute Gasteiger partial charge is 0.756 e. The van der Waals surface area contributed by atoms with Crippen LogP contribution in [-0.2, 0) is 32.7 Å². The van der Waals surface area contributed by atoms with Crippen molar-refractivity contribution in [2.24, 2.45) is 0 Å². The van der Waals surface area contributed by atoms with Crippen LogP contribution in [0.3, 0.4) is 0 Å². The molecule has 0 bridgehead atoms. The number of ether oxygens (including phenoxy) is 2. The van der Waals surface area contributed by atoms with Crippen molar-refractivity contribution in [1.82, 2.24) is 0 Å². The number of unbranched alkanes of at least 4 members (excludes halogenated alkanes) is 47. The van der Waals surface area contributed by atoms with Gasteiger partial charge in [0, 0.05) is 12.8 Å². The maximum absolute atomic E-state index is 12.8. The lowest BCUT2D eigenvalue weighted by molar-refractivity contribution is -0.870. The van der Waals surface area contributed by atoms with Crippen molar-refractivity contribution >= 4 is 19.8 Å². The predicted octanol–water partition coefficient (Wildman–Crippen LogP) is 19.6. The van der Waals surface area contributed by atoms with E-state index in [1.54, 1.807) is 0 Å². The van der Waals surface area contributed by atoms with Crippen LogP contribution < -0.4 is 4.89 Å². The summed E-state index contributed by atoms with van der Waals surface area (Å²) in [5.41, 5.74) is 0. The summed E-state index contributed by atoms with van der Waals surface area (Å²) in [7, 11) is 1.19. The number of nitrogens with zero attached hydrogens (tertiary/aromatic N) is 1. The van der Waals surface area contributed by atoms with Gasteiger partial charge in [-0.1, -0.05) is 316 Å². The second-order valence-electron chi connectivity index (χ2n) is 23.5. The molecule has 0 aliphatic heterocycles. The van der Waals surface area contributed by atoms with Gasteiger partial charge in [-0.25, -0.2) is 0 Å². The maximum atomic E-state index is 12.8. The van der Waals surface area contributed by atoms with Crippen molar-refractivity contribution < 1.29 is 42.1 Å². The van der Waals surface area contributed by atoms with Gasteiger partial charge >= 0.3 is 11.9 Å². The molecule has 0 radical (unpaired) electrons. The van der Waals surface area contributed by atoms with Crippen LogP contribution in [-0.4, -0.2) is 70.0 Å². The molecule has 9 nitrogen and oxygen atoms in total. The summed E-state index contributed by atoms with van der Waals surface area (Å²) >= 11 is 0. The first-order valence-electron chi connectivity index (χ1n) is 32.2. The molecule has 0 fully saturated rings. The molecule has 0 N–H and O–H groups in total. The van der Waals surface area contributed by atoms with E-state index in [2.05, 4.69) is 13.8 Å². The van der Waals surface area contributed by atoms with Crippen molar-refractivity contribution in [3.05, 3.63) is 0 Å². The Kier molecular flexibility index (Phi) is 55.0. The number of rotatable bonds is 61. The van der Waals surface area contributed by atoms with E-state index < -0.39 is 26.5 Å². The first-order chi connectivity index (χ1) is 35.5. The van der Waals surface area contributed by atoms with E-state index in [9.17, 15) is 19.0 Å². The number of hydrogen-bond acceptors (Lipinski definition) is 8. The summed E-state index contributed by atoms with van der Waals surface area (Å²) in [4.78, 5) is 37.7. The average molecular weight is 1060 g/mol. The Balaban J connectivity index is 3.80. The summed E-state index contributed by atoms with van der Waals surface area (Å²) in [6, 6.07) is 0. The molecule has 0 aromatic heterocycles. The Morgan fingerprint density at radius 1 is 0.370 bits per heavy atom. The monoisotopic (exact) mass is 1060 g/mol. The first-order valence-corrected chi connectivity index (χ1v) is 33.7. The molecule has 0 aliphatic rings. The molecular weight excluding hydrogens is 930 g/mol. The Morgan fingerprint density at radius 3 is 0.877 bits per heavy atom. The van der Waals surface area contributed by atoms with Gasteiger partial charge < -0.3 is 27.9 Å². The number of carbonyl (C=O) groups is 2. The maximum Gasteiger partial charge on any atom is 0.306 e. The van der Waals surface area contributed by atoms with E-state index in [0.29, 0.717) is 17.4 Å². The molecule has 0 aromatic rings. The Bertz CT molecular complexity index is 1200. The van der Waals surface area contributed by atoms with Crippen molar-refractivity contribution in [2.45, 2.75) is 347 Å². The van der Waals surface area contributed by atoms with Crippen molar-refractivity contribution in [3.63, 3.8) is 0 Å². The second-order valence-corrected chi connectivity index (χ2v) is 24.9. The van der Waals surface area contributed by atoms with E-state index in [0.717, 1.165) is 32.1 Å². The summed E-state index contributed by atoms with van der Waals surface area (Å²) < 4.78 is 34.1. The Labute approximate surface area is 454 Å². The van der Waals surface area contributed by atoms with Crippen molar-refractivity contribution in [3.8, 4) is 0 Å². The zero-order chi connectivity index (χ0) is 53.5. The number of esters is 2. The first kappa shape index (κ1) is 72.0. The minimum absolute atomic E-state index is 0.0253. The topological polar surface area (TPSA) is 111 Å². The van der Waals surface area contributed by atoms with E-state index in [1.165, 1.54) is 276 Å². The standard InChI is InChI=1S/C63H126NO8P/c1-6-8-10-12-14-16-18-19-20-21-22-23-24-25-26-27-28-29-30-31-32-33-34-35-36-37-38-39-40-41-42-43-44-46-48-50-52-54-56-63(66)72-61(60-71-73(67,68)70-58-57-64(3,4)5)59-69-62(65)55-53-51-49-47-45-17-15-13-11-9-7-2/h61H,6-60H2,1-5H3.